The second kappa shape index (κ2) is 8.58. The number of benzene rings is 2. The van der Waals surface area contributed by atoms with Crippen LogP contribution in [0.3, 0.4) is 0 Å². The maximum absolute atomic E-state index is 13.2. The Kier molecular flexibility index (Phi) is 5.82. The summed E-state index contributed by atoms with van der Waals surface area (Å²) in [5.74, 6) is 0.172. The minimum atomic E-state index is -0.0243. The molecule has 1 saturated heterocycles. The summed E-state index contributed by atoms with van der Waals surface area (Å²) in [6.07, 6.45) is 4.97. The Morgan fingerprint density at radius 3 is 2.94 bits per heavy atom. The van der Waals surface area contributed by atoms with E-state index in [1.54, 1.807) is 0 Å². The molecule has 2 N–H and O–H groups in total. The van der Waals surface area contributed by atoms with Gasteiger partial charge in [0.2, 0.25) is 5.91 Å². The van der Waals surface area contributed by atoms with E-state index in [9.17, 15) is 4.79 Å². The van der Waals surface area contributed by atoms with Gasteiger partial charge in [0.15, 0.2) is 0 Å². The van der Waals surface area contributed by atoms with Gasteiger partial charge in [-0.1, -0.05) is 37.3 Å². The van der Waals surface area contributed by atoms with E-state index in [4.69, 9.17) is 0 Å². The molecule has 3 aromatic rings. The molecule has 3 heterocycles. The summed E-state index contributed by atoms with van der Waals surface area (Å²) in [5.41, 5.74) is 5.19. The summed E-state index contributed by atoms with van der Waals surface area (Å²) in [6.45, 7) is 5.09. The fraction of sp³-hybridized carbons (Fsp3) is 0.423. The number of piperidine rings is 1. The number of H-pyrrole nitrogens is 1. The maximum atomic E-state index is 13.2. The van der Waals surface area contributed by atoms with Crippen molar-refractivity contribution in [3.05, 3.63) is 68.9 Å². The number of amides is 1. The first-order valence-corrected chi connectivity index (χ1v) is 12.5. The number of halogens is 1. The van der Waals surface area contributed by atoms with Gasteiger partial charge in [-0.3, -0.25) is 9.69 Å². The van der Waals surface area contributed by atoms with E-state index in [0.717, 1.165) is 37.9 Å². The van der Waals surface area contributed by atoms with Crippen LogP contribution in [0.25, 0.3) is 10.9 Å². The molecule has 0 saturated carbocycles. The van der Waals surface area contributed by atoms with E-state index >= 15 is 0 Å². The van der Waals surface area contributed by atoms with Crippen LogP contribution in [0, 0.1) is 8.99 Å². The highest BCUT2D eigenvalue weighted by Gasteiger charge is 2.48. The normalized spacial score (nSPS) is 23.4. The van der Waals surface area contributed by atoms with E-state index in [1.807, 2.05) is 0 Å². The zero-order chi connectivity index (χ0) is 21.4. The molecule has 1 fully saturated rings. The third kappa shape index (κ3) is 3.91. The molecule has 2 aromatic carbocycles. The molecule has 5 heteroatoms. The maximum Gasteiger partial charge on any atom is 0.220 e. The van der Waals surface area contributed by atoms with Crippen LogP contribution in [0.4, 0.5) is 0 Å². The molecule has 0 spiro atoms. The van der Waals surface area contributed by atoms with E-state index < -0.39 is 0 Å². The van der Waals surface area contributed by atoms with Crippen molar-refractivity contribution >= 4 is 39.4 Å². The molecule has 2 aliphatic heterocycles. The number of carbonyl (C=O) groups excluding carboxylic acids is 1. The molecule has 0 radical (unpaired) electrons. The number of aromatic nitrogens is 1. The van der Waals surface area contributed by atoms with Crippen LogP contribution in [-0.4, -0.2) is 28.9 Å². The largest absolute Gasteiger partial charge is 0.357 e. The highest BCUT2D eigenvalue weighted by atomic mass is 127. The number of nitrogens with one attached hydrogen (secondary N) is 2. The third-order valence-corrected chi connectivity index (χ3v) is 8.10. The van der Waals surface area contributed by atoms with Gasteiger partial charge < -0.3 is 10.3 Å². The lowest BCUT2D eigenvalue weighted by Crippen LogP contribution is -2.50. The molecule has 1 aromatic heterocycles. The minimum Gasteiger partial charge on any atom is -0.357 e. The van der Waals surface area contributed by atoms with Crippen LogP contribution in [0.5, 0.6) is 0 Å². The molecule has 0 aliphatic carbocycles. The van der Waals surface area contributed by atoms with Gasteiger partial charge in [0.05, 0.1) is 6.04 Å². The van der Waals surface area contributed by atoms with Crippen LogP contribution in [0.2, 0.25) is 0 Å². The average molecular weight is 527 g/mol. The summed E-state index contributed by atoms with van der Waals surface area (Å²) in [7, 11) is 0. The van der Waals surface area contributed by atoms with E-state index in [0.29, 0.717) is 19.0 Å². The summed E-state index contributed by atoms with van der Waals surface area (Å²) in [6, 6.07) is 17.3. The second-order valence-electron chi connectivity index (χ2n) is 9.15. The Labute approximate surface area is 197 Å². The summed E-state index contributed by atoms with van der Waals surface area (Å²) in [4.78, 5) is 19.6. The van der Waals surface area contributed by atoms with Crippen molar-refractivity contribution in [3.63, 3.8) is 0 Å². The van der Waals surface area contributed by atoms with E-state index in [2.05, 4.69) is 93.2 Å². The van der Waals surface area contributed by atoms with Crippen LogP contribution >= 0.6 is 22.6 Å². The standard InChI is InChI=1S/C26H30IN3O/c1-2-26(16-23(31)28-17-18-7-5-8-19(27)15-18)12-6-13-30-14-11-21-20-9-3-4-10-22(20)29-24(21)25(26)30/h3-5,7-10,15,25,29H,2,6,11-14,16-17H2,1H3,(H,28,31)/t25-,26+/m1/s1. The monoisotopic (exact) mass is 527 g/mol. The lowest BCUT2D eigenvalue weighted by atomic mass is 9.66. The number of rotatable bonds is 5. The zero-order valence-electron chi connectivity index (χ0n) is 18.1. The molecule has 1 amide bonds. The van der Waals surface area contributed by atoms with Crippen LogP contribution in [0.15, 0.2) is 48.5 Å². The van der Waals surface area contributed by atoms with Crippen LogP contribution < -0.4 is 5.32 Å². The molecule has 4 nitrogen and oxygen atoms in total. The van der Waals surface area contributed by atoms with Gasteiger partial charge in [-0.25, -0.2) is 0 Å². The van der Waals surface area contributed by atoms with Crippen molar-refractivity contribution < 1.29 is 4.79 Å². The molecule has 0 bridgehead atoms. The van der Waals surface area contributed by atoms with Crippen molar-refractivity contribution in [2.45, 2.75) is 51.6 Å². The second-order valence-corrected chi connectivity index (χ2v) is 10.4. The molecule has 2 aliphatic rings. The van der Waals surface area contributed by atoms with Crippen molar-refractivity contribution in [2.24, 2.45) is 5.41 Å². The molecule has 0 unspecified atom stereocenters. The minimum absolute atomic E-state index is 0.0243. The highest BCUT2D eigenvalue weighted by molar-refractivity contribution is 14.1. The van der Waals surface area contributed by atoms with E-state index in [1.165, 1.54) is 32.2 Å². The number of fused-ring (bicyclic) bond motifs is 5. The number of carbonyl (C=O) groups is 1. The number of aromatic amines is 1. The Morgan fingerprint density at radius 1 is 1.23 bits per heavy atom. The van der Waals surface area contributed by atoms with Gasteiger partial charge in [-0.05, 0) is 84.1 Å². The molecule has 31 heavy (non-hydrogen) atoms. The lowest BCUT2D eigenvalue weighted by molar-refractivity contribution is -0.127. The first kappa shape index (κ1) is 21.0. The van der Waals surface area contributed by atoms with Gasteiger partial charge in [0, 0.05) is 45.1 Å². The SMILES string of the molecule is CC[C@@]1(CC(=O)NCc2cccc(I)c2)CCCN2CCc3c([nH]c4ccccc34)[C@@H]21. The Balaban J connectivity index is 1.42. The van der Waals surface area contributed by atoms with Crippen LogP contribution in [0.1, 0.15) is 55.5 Å². The van der Waals surface area contributed by atoms with Crippen molar-refractivity contribution in [2.75, 3.05) is 13.1 Å². The van der Waals surface area contributed by atoms with Gasteiger partial charge in [0.25, 0.3) is 0 Å². The molecular formula is C26H30IN3O. The Bertz CT molecular complexity index is 1110. The quantitative estimate of drug-likeness (QED) is 0.427. The smallest absolute Gasteiger partial charge is 0.220 e. The Hall–Kier alpha value is -1.86. The topological polar surface area (TPSA) is 48.1 Å². The predicted octanol–water partition coefficient (Wildman–Crippen LogP) is 5.57. The van der Waals surface area contributed by atoms with Gasteiger partial charge in [-0.2, -0.15) is 0 Å². The first-order chi connectivity index (χ1) is 15.1. The zero-order valence-corrected chi connectivity index (χ0v) is 20.2. The summed E-state index contributed by atoms with van der Waals surface area (Å²) >= 11 is 2.32. The first-order valence-electron chi connectivity index (χ1n) is 11.4. The van der Waals surface area contributed by atoms with E-state index in [-0.39, 0.29) is 11.3 Å². The Morgan fingerprint density at radius 2 is 2.10 bits per heavy atom. The van der Waals surface area contributed by atoms with Gasteiger partial charge in [-0.15, -0.1) is 0 Å². The molecule has 2 atom stereocenters. The van der Waals surface area contributed by atoms with Crippen LogP contribution in [-0.2, 0) is 17.8 Å². The summed E-state index contributed by atoms with van der Waals surface area (Å²) in [5, 5.41) is 4.56. The number of hydrogen-bond acceptors (Lipinski definition) is 2. The molecule has 5 rings (SSSR count). The number of hydrogen-bond donors (Lipinski definition) is 2. The number of nitrogens with zero attached hydrogens (tertiary/aromatic N) is 1. The average Bonchev–Trinajstić information content (AvgIpc) is 3.16. The van der Waals surface area contributed by atoms with Gasteiger partial charge in [0.1, 0.15) is 0 Å². The third-order valence-electron chi connectivity index (χ3n) is 7.43. The molecular weight excluding hydrogens is 497 g/mol. The fourth-order valence-electron chi connectivity index (χ4n) is 5.91. The highest BCUT2D eigenvalue weighted by Crippen LogP contribution is 2.53. The number of para-hydroxylation sites is 1. The van der Waals surface area contributed by atoms with Gasteiger partial charge >= 0.3 is 0 Å². The lowest BCUT2D eigenvalue weighted by Gasteiger charge is -2.51. The summed E-state index contributed by atoms with van der Waals surface area (Å²) < 4.78 is 1.20. The van der Waals surface area contributed by atoms with Crippen molar-refractivity contribution in [1.82, 2.24) is 15.2 Å². The fourth-order valence-corrected chi connectivity index (χ4v) is 6.51. The predicted molar refractivity (Wildman–Crippen MR) is 134 cm³/mol. The van der Waals surface area contributed by atoms with Crippen molar-refractivity contribution in [1.29, 1.82) is 0 Å². The molecule has 162 valence electrons. The van der Waals surface area contributed by atoms with Crippen molar-refractivity contribution in [3.8, 4) is 0 Å².